The Balaban J connectivity index is 2.08. The lowest BCUT2D eigenvalue weighted by atomic mass is 10.0. The van der Waals surface area contributed by atoms with Gasteiger partial charge in [0.15, 0.2) is 5.58 Å². The molecule has 1 atom stereocenters. The molecule has 3 aromatic rings. The second-order valence-corrected chi connectivity index (χ2v) is 5.55. The Labute approximate surface area is 126 Å². The Bertz CT molecular complexity index is 777. The summed E-state index contributed by atoms with van der Waals surface area (Å²) in [4.78, 5) is 0. The number of aliphatic hydroxyl groups is 1. The topological polar surface area (TPSA) is 33.4 Å². The Morgan fingerprint density at radius 1 is 1.10 bits per heavy atom. The first kappa shape index (κ1) is 13.5. The summed E-state index contributed by atoms with van der Waals surface area (Å²) in [6.07, 6.45) is -0.837. The van der Waals surface area contributed by atoms with Crippen LogP contribution in [-0.2, 0) is 0 Å². The van der Waals surface area contributed by atoms with E-state index in [1.165, 1.54) is 0 Å². The summed E-state index contributed by atoms with van der Waals surface area (Å²) in [5, 5.41) is 12.5. The van der Waals surface area contributed by atoms with Crippen molar-refractivity contribution in [2.45, 2.75) is 13.0 Å². The standard InChI is InChI=1S/C16H12Cl2O2/c1-9-7-11(17)5-6-12(9)15(19)14-8-10-3-2-4-13(18)16(10)20-14/h2-8,15,19H,1H3. The van der Waals surface area contributed by atoms with E-state index >= 15 is 0 Å². The number of furan rings is 1. The summed E-state index contributed by atoms with van der Waals surface area (Å²) >= 11 is 12.0. The lowest BCUT2D eigenvalue weighted by molar-refractivity contribution is 0.191. The molecule has 0 bridgehead atoms. The van der Waals surface area contributed by atoms with Gasteiger partial charge in [0.05, 0.1) is 5.02 Å². The minimum atomic E-state index is -0.837. The molecule has 2 aromatic carbocycles. The molecule has 1 N–H and O–H groups in total. The van der Waals surface area contributed by atoms with Crippen LogP contribution in [0, 0.1) is 6.92 Å². The fourth-order valence-electron chi connectivity index (χ4n) is 2.28. The monoisotopic (exact) mass is 306 g/mol. The molecule has 1 unspecified atom stereocenters. The lowest BCUT2D eigenvalue weighted by Gasteiger charge is -2.11. The molecule has 1 aromatic heterocycles. The Kier molecular flexibility index (Phi) is 3.47. The van der Waals surface area contributed by atoms with Gasteiger partial charge < -0.3 is 9.52 Å². The van der Waals surface area contributed by atoms with E-state index in [-0.39, 0.29) is 0 Å². The first-order valence-corrected chi connectivity index (χ1v) is 6.94. The maximum Gasteiger partial charge on any atom is 0.153 e. The van der Waals surface area contributed by atoms with E-state index in [2.05, 4.69) is 0 Å². The molecular formula is C16H12Cl2O2. The molecule has 0 aliphatic carbocycles. The van der Waals surface area contributed by atoms with E-state index < -0.39 is 6.10 Å². The summed E-state index contributed by atoms with van der Waals surface area (Å²) < 4.78 is 5.69. The van der Waals surface area contributed by atoms with Crippen molar-refractivity contribution in [3.63, 3.8) is 0 Å². The van der Waals surface area contributed by atoms with Gasteiger partial charge in [-0.2, -0.15) is 0 Å². The predicted molar refractivity (Wildman–Crippen MR) is 81.5 cm³/mol. The van der Waals surface area contributed by atoms with Crippen LogP contribution in [0.1, 0.15) is 23.0 Å². The van der Waals surface area contributed by atoms with E-state index in [0.717, 1.165) is 16.5 Å². The van der Waals surface area contributed by atoms with Crippen molar-refractivity contribution in [1.29, 1.82) is 0 Å². The molecule has 0 amide bonds. The van der Waals surface area contributed by atoms with Crippen molar-refractivity contribution in [3.8, 4) is 0 Å². The number of rotatable bonds is 2. The number of benzene rings is 2. The number of para-hydroxylation sites is 1. The molecular weight excluding hydrogens is 295 g/mol. The number of hydrogen-bond donors (Lipinski definition) is 1. The van der Waals surface area contributed by atoms with Crippen LogP contribution >= 0.6 is 23.2 Å². The van der Waals surface area contributed by atoms with Gasteiger partial charge in [-0.15, -0.1) is 0 Å². The van der Waals surface area contributed by atoms with Crippen molar-refractivity contribution in [3.05, 3.63) is 69.4 Å². The number of halogens is 2. The highest BCUT2D eigenvalue weighted by Gasteiger charge is 2.18. The number of aryl methyl sites for hydroxylation is 1. The number of hydrogen-bond acceptors (Lipinski definition) is 2. The van der Waals surface area contributed by atoms with Crippen molar-refractivity contribution in [2.24, 2.45) is 0 Å². The van der Waals surface area contributed by atoms with Gasteiger partial charge in [-0.3, -0.25) is 0 Å². The van der Waals surface area contributed by atoms with Crippen molar-refractivity contribution in [1.82, 2.24) is 0 Å². The highest BCUT2D eigenvalue weighted by atomic mass is 35.5. The smallest absolute Gasteiger partial charge is 0.153 e. The van der Waals surface area contributed by atoms with E-state index in [4.69, 9.17) is 27.6 Å². The highest BCUT2D eigenvalue weighted by molar-refractivity contribution is 6.34. The van der Waals surface area contributed by atoms with Crippen LogP contribution in [0.15, 0.2) is 46.9 Å². The van der Waals surface area contributed by atoms with Gasteiger partial charge in [-0.1, -0.05) is 41.4 Å². The van der Waals surface area contributed by atoms with Crippen molar-refractivity contribution in [2.75, 3.05) is 0 Å². The van der Waals surface area contributed by atoms with E-state index in [1.807, 2.05) is 25.1 Å². The quantitative estimate of drug-likeness (QED) is 0.712. The summed E-state index contributed by atoms with van der Waals surface area (Å²) in [6, 6.07) is 12.7. The van der Waals surface area contributed by atoms with Gasteiger partial charge in [0.2, 0.25) is 0 Å². The Hall–Kier alpha value is -1.48. The maximum atomic E-state index is 10.5. The van der Waals surface area contributed by atoms with Gasteiger partial charge in [-0.05, 0) is 42.3 Å². The average Bonchev–Trinajstić information content (AvgIpc) is 2.83. The third-order valence-corrected chi connectivity index (χ3v) is 3.84. The van der Waals surface area contributed by atoms with Crippen LogP contribution in [0.2, 0.25) is 10.0 Å². The van der Waals surface area contributed by atoms with Crippen LogP contribution in [0.25, 0.3) is 11.0 Å². The molecule has 102 valence electrons. The zero-order valence-corrected chi connectivity index (χ0v) is 12.2. The van der Waals surface area contributed by atoms with Gasteiger partial charge in [0.1, 0.15) is 11.9 Å². The van der Waals surface area contributed by atoms with Crippen molar-refractivity contribution < 1.29 is 9.52 Å². The zero-order valence-electron chi connectivity index (χ0n) is 10.7. The normalized spacial score (nSPS) is 12.8. The predicted octanol–water partition coefficient (Wildman–Crippen LogP) is 5.13. The SMILES string of the molecule is Cc1cc(Cl)ccc1C(O)c1cc2cccc(Cl)c2o1. The van der Waals surface area contributed by atoms with Gasteiger partial charge in [0.25, 0.3) is 0 Å². The summed E-state index contributed by atoms with van der Waals surface area (Å²) in [7, 11) is 0. The molecule has 20 heavy (non-hydrogen) atoms. The largest absolute Gasteiger partial charge is 0.456 e. The molecule has 3 rings (SSSR count). The zero-order chi connectivity index (χ0) is 14.3. The van der Waals surface area contributed by atoms with Crippen LogP contribution in [0.4, 0.5) is 0 Å². The average molecular weight is 307 g/mol. The number of aliphatic hydroxyl groups excluding tert-OH is 1. The summed E-state index contributed by atoms with van der Waals surface area (Å²) in [5.41, 5.74) is 2.27. The highest BCUT2D eigenvalue weighted by Crippen LogP contribution is 2.33. The molecule has 0 saturated heterocycles. The fraction of sp³-hybridized carbons (Fsp3) is 0.125. The van der Waals surface area contributed by atoms with Crippen LogP contribution in [0.3, 0.4) is 0 Å². The molecule has 4 heteroatoms. The Morgan fingerprint density at radius 2 is 1.90 bits per heavy atom. The molecule has 0 aliphatic rings. The molecule has 2 nitrogen and oxygen atoms in total. The van der Waals surface area contributed by atoms with E-state index in [0.29, 0.717) is 21.4 Å². The second kappa shape index (κ2) is 5.13. The second-order valence-electron chi connectivity index (χ2n) is 4.71. The Morgan fingerprint density at radius 3 is 2.60 bits per heavy atom. The van der Waals surface area contributed by atoms with Crippen molar-refractivity contribution >= 4 is 34.2 Å². The fourth-order valence-corrected chi connectivity index (χ4v) is 2.73. The first-order chi connectivity index (χ1) is 9.56. The first-order valence-electron chi connectivity index (χ1n) is 6.18. The van der Waals surface area contributed by atoms with Gasteiger partial charge in [-0.25, -0.2) is 0 Å². The van der Waals surface area contributed by atoms with Gasteiger partial charge in [0, 0.05) is 10.4 Å². The summed E-state index contributed by atoms with van der Waals surface area (Å²) in [5.74, 6) is 0.471. The van der Waals surface area contributed by atoms with Crippen LogP contribution in [0.5, 0.6) is 0 Å². The molecule has 0 saturated carbocycles. The molecule has 0 fully saturated rings. The number of fused-ring (bicyclic) bond motifs is 1. The minimum absolute atomic E-state index is 0.471. The molecule has 0 radical (unpaired) electrons. The van der Waals surface area contributed by atoms with Crippen LogP contribution < -0.4 is 0 Å². The van der Waals surface area contributed by atoms with E-state index in [1.54, 1.807) is 24.3 Å². The third kappa shape index (κ3) is 2.31. The lowest BCUT2D eigenvalue weighted by Crippen LogP contribution is -2.00. The molecule has 1 heterocycles. The maximum absolute atomic E-state index is 10.5. The molecule has 0 spiro atoms. The summed E-state index contributed by atoms with van der Waals surface area (Å²) in [6.45, 7) is 1.90. The van der Waals surface area contributed by atoms with Gasteiger partial charge >= 0.3 is 0 Å². The minimum Gasteiger partial charge on any atom is -0.456 e. The third-order valence-electron chi connectivity index (χ3n) is 3.31. The van der Waals surface area contributed by atoms with Crippen LogP contribution in [-0.4, -0.2) is 5.11 Å². The van der Waals surface area contributed by atoms with E-state index in [9.17, 15) is 5.11 Å². The molecule has 0 aliphatic heterocycles.